The van der Waals surface area contributed by atoms with Crippen molar-refractivity contribution in [3.8, 4) is 0 Å². The molecule has 0 aliphatic heterocycles. The Kier molecular flexibility index (Phi) is 4.58. The van der Waals surface area contributed by atoms with Crippen molar-refractivity contribution in [1.29, 1.82) is 0 Å². The fourth-order valence-corrected chi connectivity index (χ4v) is 4.75. The van der Waals surface area contributed by atoms with Crippen LogP contribution in [0.5, 0.6) is 0 Å². The van der Waals surface area contributed by atoms with Crippen LogP contribution in [0.1, 0.15) is 18.7 Å². The quantitative estimate of drug-likeness (QED) is 0.847. The second-order valence-electron chi connectivity index (χ2n) is 4.48. The summed E-state index contributed by atoms with van der Waals surface area (Å²) in [7, 11) is -3.67. The van der Waals surface area contributed by atoms with E-state index in [1.165, 1.54) is 31.3 Å². The van der Waals surface area contributed by atoms with E-state index < -0.39 is 21.4 Å². The summed E-state index contributed by atoms with van der Waals surface area (Å²) in [4.78, 5) is 11.7. The van der Waals surface area contributed by atoms with Crippen LogP contribution in [-0.2, 0) is 14.8 Å². The van der Waals surface area contributed by atoms with Crippen molar-refractivity contribution in [3.05, 3.63) is 14.7 Å². The molecule has 1 heterocycles. The number of sulfonamides is 1. The van der Waals surface area contributed by atoms with Gasteiger partial charge in [0.25, 0.3) is 0 Å². The average Bonchev–Trinajstić information content (AvgIpc) is 2.56. The van der Waals surface area contributed by atoms with E-state index in [9.17, 15) is 13.2 Å². The Morgan fingerprint density at radius 1 is 1.56 bits per heavy atom. The topological polar surface area (TPSA) is 83.5 Å². The van der Waals surface area contributed by atoms with Gasteiger partial charge in [-0.05, 0) is 42.8 Å². The number of halogens is 1. The van der Waals surface area contributed by atoms with E-state index in [0.717, 1.165) is 3.79 Å². The minimum Gasteiger partial charge on any atom is -0.481 e. The number of rotatable bonds is 5. The van der Waals surface area contributed by atoms with E-state index in [4.69, 9.17) is 5.11 Å². The van der Waals surface area contributed by atoms with Gasteiger partial charge in [-0.15, -0.1) is 11.3 Å². The maximum absolute atomic E-state index is 12.0. The van der Waals surface area contributed by atoms with E-state index in [1.54, 1.807) is 6.92 Å². The SMILES string of the molecule is Cc1sc(Br)cc1S(=O)(=O)NCC(C)(C)C(=O)O. The van der Waals surface area contributed by atoms with Crippen LogP contribution >= 0.6 is 27.3 Å². The molecule has 0 aromatic carbocycles. The highest BCUT2D eigenvalue weighted by Crippen LogP contribution is 2.29. The molecule has 0 saturated heterocycles. The number of carboxylic acids is 1. The lowest BCUT2D eigenvalue weighted by atomic mass is 9.95. The van der Waals surface area contributed by atoms with E-state index >= 15 is 0 Å². The first-order valence-electron chi connectivity index (χ1n) is 5.05. The van der Waals surface area contributed by atoms with E-state index in [1.807, 2.05) is 0 Å². The van der Waals surface area contributed by atoms with Crippen molar-refractivity contribution in [1.82, 2.24) is 4.72 Å². The molecule has 0 atom stereocenters. The highest BCUT2D eigenvalue weighted by molar-refractivity contribution is 9.11. The van der Waals surface area contributed by atoms with Gasteiger partial charge < -0.3 is 5.11 Å². The van der Waals surface area contributed by atoms with Crippen LogP contribution in [-0.4, -0.2) is 26.0 Å². The molecule has 5 nitrogen and oxygen atoms in total. The van der Waals surface area contributed by atoms with Crippen molar-refractivity contribution < 1.29 is 18.3 Å². The smallest absolute Gasteiger partial charge is 0.310 e. The Bertz CT molecular complexity index is 562. The molecule has 0 amide bonds. The first-order chi connectivity index (χ1) is 8.06. The van der Waals surface area contributed by atoms with Crippen molar-refractivity contribution in [2.45, 2.75) is 25.7 Å². The van der Waals surface area contributed by atoms with Gasteiger partial charge >= 0.3 is 5.97 Å². The molecular formula is C10H14BrNO4S2. The average molecular weight is 356 g/mol. The third kappa shape index (κ3) is 3.53. The summed E-state index contributed by atoms with van der Waals surface area (Å²) < 4.78 is 27.1. The summed E-state index contributed by atoms with van der Waals surface area (Å²) in [6.45, 7) is 4.48. The fourth-order valence-electron chi connectivity index (χ4n) is 1.13. The zero-order valence-corrected chi connectivity index (χ0v) is 13.4. The standard InChI is InChI=1S/C10H14BrNO4S2/c1-6-7(4-8(11)17-6)18(15,16)12-5-10(2,3)9(13)14/h4,12H,5H2,1-3H3,(H,13,14). The molecule has 2 N–H and O–H groups in total. The van der Waals surface area contributed by atoms with E-state index in [0.29, 0.717) is 4.88 Å². The number of hydrogen-bond acceptors (Lipinski definition) is 4. The van der Waals surface area contributed by atoms with Gasteiger partial charge in [-0.3, -0.25) is 4.79 Å². The highest BCUT2D eigenvalue weighted by atomic mass is 79.9. The number of thiophene rings is 1. The summed E-state index contributed by atoms with van der Waals surface area (Å²) in [5.41, 5.74) is -1.14. The van der Waals surface area contributed by atoms with Gasteiger partial charge in [-0.25, -0.2) is 13.1 Å². The fraction of sp³-hybridized carbons (Fsp3) is 0.500. The van der Waals surface area contributed by atoms with Gasteiger partial charge in [0.05, 0.1) is 14.1 Å². The summed E-state index contributed by atoms with van der Waals surface area (Å²) in [6, 6.07) is 1.51. The van der Waals surface area contributed by atoms with Gasteiger partial charge in [-0.2, -0.15) is 0 Å². The van der Waals surface area contributed by atoms with Gasteiger partial charge in [-0.1, -0.05) is 0 Å². The molecule has 1 aromatic heterocycles. The first-order valence-corrected chi connectivity index (χ1v) is 8.14. The number of hydrogen-bond donors (Lipinski definition) is 2. The predicted octanol–water partition coefficient (Wildman–Crippen LogP) is 2.21. The van der Waals surface area contributed by atoms with Gasteiger partial charge in [0.2, 0.25) is 10.0 Å². The molecule has 0 aliphatic carbocycles. The Morgan fingerprint density at radius 3 is 2.50 bits per heavy atom. The van der Waals surface area contributed by atoms with Crippen LogP contribution < -0.4 is 4.72 Å². The predicted molar refractivity (Wildman–Crippen MR) is 73.4 cm³/mol. The van der Waals surface area contributed by atoms with Gasteiger partial charge in [0.1, 0.15) is 0 Å². The first kappa shape index (κ1) is 15.6. The third-order valence-electron chi connectivity index (χ3n) is 2.41. The molecule has 0 radical (unpaired) electrons. The number of carbonyl (C=O) groups is 1. The molecule has 0 fully saturated rings. The number of carboxylic acid groups (broad SMARTS) is 1. The molecule has 18 heavy (non-hydrogen) atoms. The summed E-state index contributed by atoms with van der Waals surface area (Å²) in [5, 5.41) is 8.93. The molecule has 0 unspecified atom stereocenters. The van der Waals surface area contributed by atoms with Crippen LogP contribution in [0.3, 0.4) is 0 Å². The normalized spacial score (nSPS) is 12.7. The van der Waals surface area contributed by atoms with E-state index in [-0.39, 0.29) is 11.4 Å². The Hall–Kier alpha value is -0.440. The summed E-state index contributed by atoms with van der Waals surface area (Å²) in [6.07, 6.45) is 0. The van der Waals surface area contributed by atoms with Crippen molar-refractivity contribution in [2.75, 3.05) is 6.54 Å². The lowest BCUT2D eigenvalue weighted by Gasteiger charge is -2.19. The summed E-state index contributed by atoms with van der Waals surface area (Å²) >= 11 is 4.54. The number of aryl methyl sites for hydroxylation is 1. The summed E-state index contributed by atoms with van der Waals surface area (Å²) in [5.74, 6) is -1.05. The van der Waals surface area contributed by atoms with Crippen LogP contribution in [0.4, 0.5) is 0 Å². The Labute approximate surface area is 118 Å². The molecule has 0 aliphatic rings. The van der Waals surface area contributed by atoms with Crippen molar-refractivity contribution in [3.63, 3.8) is 0 Å². The lowest BCUT2D eigenvalue weighted by molar-refractivity contribution is -0.146. The maximum atomic E-state index is 12.0. The van der Waals surface area contributed by atoms with Gasteiger partial charge in [0, 0.05) is 11.4 Å². The van der Waals surface area contributed by atoms with E-state index in [2.05, 4.69) is 20.7 Å². The van der Waals surface area contributed by atoms with Gasteiger partial charge in [0.15, 0.2) is 0 Å². The molecule has 102 valence electrons. The Morgan fingerprint density at radius 2 is 2.11 bits per heavy atom. The van der Waals surface area contributed by atoms with Crippen molar-refractivity contribution in [2.24, 2.45) is 5.41 Å². The maximum Gasteiger partial charge on any atom is 0.310 e. The second kappa shape index (κ2) is 5.28. The zero-order chi connectivity index (χ0) is 14.1. The van der Waals surface area contributed by atoms with Crippen LogP contribution in [0.15, 0.2) is 14.7 Å². The third-order valence-corrected chi connectivity index (χ3v) is 5.62. The molecule has 8 heteroatoms. The molecular weight excluding hydrogens is 342 g/mol. The van der Waals surface area contributed by atoms with Crippen LogP contribution in [0.2, 0.25) is 0 Å². The number of aliphatic carboxylic acids is 1. The second-order valence-corrected chi connectivity index (χ2v) is 8.86. The molecule has 0 saturated carbocycles. The number of nitrogens with one attached hydrogen (secondary N) is 1. The minimum atomic E-state index is -3.67. The molecule has 0 bridgehead atoms. The molecule has 1 rings (SSSR count). The lowest BCUT2D eigenvalue weighted by Crippen LogP contribution is -2.38. The molecule has 1 aromatic rings. The Balaban J connectivity index is 2.91. The van der Waals surface area contributed by atoms with Crippen molar-refractivity contribution >= 4 is 43.3 Å². The zero-order valence-electron chi connectivity index (χ0n) is 10.2. The largest absolute Gasteiger partial charge is 0.481 e. The highest BCUT2D eigenvalue weighted by Gasteiger charge is 2.30. The van der Waals surface area contributed by atoms with Crippen LogP contribution in [0.25, 0.3) is 0 Å². The minimum absolute atomic E-state index is 0.155. The van der Waals surface area contributed by atoms with Crippen LogP contribution in [0, 0.1) is 12.3 Å². The monoisotopic (exact) mass is 355 g/mol. The molecule has 0 spiro atoms.